The van der Waals surface area contributed by atoms with Gasteiger partial charge in [-0.25, -0.2) is 9.97 Å². The van der Waals surface area contributed by atoms with Crippen LogP contribution < -0.4 is 14.7 Å². The molecule has 1 saturated heterocycles. The van der Waals surface area contributed by atoms with Gasteiger partial charge in [-0.05, 0) is 23.8 Å². The molecule has 0 bridgehead atoms. The SMILES string of the molecule is CN(Cc1ccccc1)c1ncnc(N2CCN(c3cccc(Cl)c3)CC2)c1[N+](=O)[O-]. The number of hydrogen-bond donors (Lipinski definition) is 0. The molecule has 1 aliphatic rings. The Morgan fingerprint density at radius 2 is 1.74 bits per heavy atom. The standard InChI is InChI=1S/C22H23ClN6O2/c1-26(15-17-6-3-2-4-7-17)21-20(29(30)31)22(25-16-24-21)28-12-10-27(11-13-28)19-9-5-8-18(23)14-19/h2-9,14,16H,10-13,15H2,1H3. The minimum absolute atomic E-state index is 0.0582. The van der Waals surface area contributed by atoms with Crippen LogP contribution in [0.5, 0.6) is 0 Å². The number of hydrogen-bond acceptors (Lipinski definition) is 7. The maximum Gasteiger partial charge on any atom is 0.353 e. The molecule has 0 saturated carbocycles. The van der Waals surface area contributed by atoms with E-state index in [1.54, 1.807) is 4.90 Å². The van der Waals surface area contributed by atoms with E-state index in [4.69, 9.17) is 11.6 Å². The number of nitro groups is 1. The predicted octanol–water partition coefficient (Wildman–Crippen LogP) is 4.00. The molecule has 31 heavy (non-hydrogen) atoms. The molecule has 1 aliphatic heterocycles. The van der Waals surface area contributed by atoms with Gasteiger partial charge < -0.3 is 14.7 Å². The van der Waals surface area contributed by atoms with Gasteiger partial charge >= 0.3 is 5.69 Å². The van der Waals surface area contributed by atoms with Crippen LogP contribution in [-0.2, 0) is 6.54 Å². The fourth-order valence-electron chi connectivity index (χ4n) is 3.82. The van der Waals surface area contributed by atoms with Crippen molar-refractivity contribution in [1.82, 2.24) is 9.97 Å². The normalized spacial score (nSPS) is 13.9. The third kappa shape index (κ3) is 4.69. The first kappa shape index (κ1) is 20.9. The van der Waals surface area contributed by atoms with Gasteiger partial charge in [0.1, 0.15) is 6.33 Å². The molecule has 2 aromatic carbocycles. The van der Waals surface area contributed by atoms with Crippen molar-refractivity contribution >= 4 is 34.6 Å². The van der Waals surface area contributed by atoms with Gasteiger partial charge in [-0.3, -0.25) is 10.1 Å². The summed E-state index contributed by atoms with van der Waals surface area (Å²) in [6, 6.07) is 17.5. The van der Waals surface area contributed by atoms with E-state index in [1.807, 2.05) is 66.5 Å². The molecule has 9 heteroatoms. The van der Waals surface area contributed by atoms with Gasteiger partial charge in [0.2, 0.25) is 11.6 Å². The number of nitrogens with zero attached hydrogens (tertiary/aromatic N) is 6. The molecule has 0 spiro atoms. The van der Waals surface area contributed by atoms with Crippen molar-refractivity contribution in [3.05, 3.63) is 81.6 Å². The number of halogens is 1. The minimum Gasteiger partial charge on any atom is -0.368 e. The van der Waals surface area contributed by atoms with Crippen molar-refractivity contribution in [2.45, 2.75) is 6.54 Å². The Hall–Kier alpha value is -3.39. The Morgan fingerprint density at radius 3 is 2.42 bits per heavy atom. The van der Waals surface area contributed by atoms with E-state index in [0.717, 1.165) is 24.3 Å². The summed E-state index contributed by atoms with van der Waals surface area (Å²) in [5.74, 6) is 0.678. The topological polar surface area (TPSA) is 78.6 Å². The monoisotopic (exact) mass is 438 g/mol. The second-order valence-corrected chi connectivity index (χ2v) is 7.86. The van der Waals surface area contributed by atoms with Crippen molar-refractivity contribution in [2.75, 3.05) is 47.9 Å². The number of aromatic nitrogens is 2. The summed E-state index contributed by atoms with van der Waals surface area (Å²) in [5.41, 5.74) is 2.04. The highest BCUT2D eigenvalue weighted by Crippen LogP contribution is 2.35. The summed E-state index contributed by atoms with van der Waals surface area (Å²) < 4.78 is 0. The Kier molecular flexibility index (Phi) is 6.18. The summed E-state index contributed by atoms with van der Waals surface area (Å²) in [4.78, 5) is 26.1. The molecule has 0 amide bonds. The van der Waals surface area contributed by atoms with Gasteiger partial charge in [-0.15, -0.1) is 0 Å². The Labute approximate surface area is 185 Å². The van der Waals surface area contributed by atoms with E-state index in [0.29, 0.717) is 36.3 Å². The van der Waals surface area contributed by atoms with E-state index in [2.05, 4.69) is 14.9 Å². The van der Waals surface area contributed by atoms with E-state index in [1.165, 1.54) is 6.33 Å². The second-order valence-electron chi connectivity index (χ2n) is 7.42. The highest BCUT2D eigenvalue weighted by Gasteiger charge is 2.30. The van der Waals surface area contributed by atoms with Crippen LogP contribution in [0.25, 0.3) is 0 Å². The first-order chi connectivity index (χ1) is 15.0. The third-order valence-electron chi connectivity index (χ3n) is 5.34. The molecule has 0 radical (unpaired) electrons. The lowest BCUT2D eigenvalue weighted by atomic mass is 10.2. The van der Waals surface area contributed by atoms with Gasteiger partial charge in [-0.2, -0.15) is 0 Å². The van der Waals surface area contributed by atoms with Crippen LogP contribution >= 0.6 is 11.6 Å². The highest BCUT2D eigenvalue weighted by molar-refractivity contribution is 6.30. The zero-order valence-corrected chi connectivity index (χ0v) is 17.9. The summed E-state index contributed by atoms with van der Waals surface area (Å²) in [5, 5.41) is 12.7. The van der Waals surface area contributed by atoms with E-state index >= 15 is 0 Å². The maximum atomic E-state index is 12.0. The maximum absolute atomic E-state index is 12.0. The Morgan fingerprint density at radius 1 is 1.03 bits per heavy atom. The van der Waals surface area contributed by atoms with Crippen molar-refractivity contribution in [3.8, 4) is 0 Å². The van der Waals surface area contributed by atoms with E-state index in [9.17, 15) is 10.1 Å². The molecule has 0 unspecified atom stereocenters. The molecule has 8 nitrogen and oxygen atoms in total. The summed E-state index contributed by atoms with van der Waals surface area (Å²) >= 11 is 6.12. The van der Waals surface area contributed by atoms with Gasteiger partial charge in [0.05, 0.1) is 4.92 Å². The van der Waals surface area contributed by atoms with Crippen LogP contribution in [-0.4, -0.2) is 48.1 Å². The second kappa shape index (κ2) is 9.18. The predicted molar refractivity (Wildman–Crippen MR) is 123 cm³/mol. The summed E-state index contributed by atoms with van der Waals surface area (Å²) in [7, 11) is 1.81. The lowest BCUT2D eigenvalue weighted by Gasteiger charge is -2.36. The zero-order valence-electron chi connectivity index (χ0n) is 17.2. The lowest BCUT2D eigenvalue weighted by Crippen LogP contribution is -2.47. The fraction of sp³-hybridized carbons (Fsp3) is 0.273. The van der Waals surface area contributed by atoms with Crippen LogP contribution in [0.3, 0.4) is 0 Å². The minimum atomic E-state index is -0.379. The zero-order chi connectivity index (χ0) is 21.8. The average Bonchev–Trinajstić information content (AvgIpc) is 2.79. The van der Waals surface area contributed by atoms with Crippen LogP contribution in [0.2, 0.25) is 5.02 Å². The molecule has 0 N–H and O–H groups in total. The molecule has 1 aromatic heterocycles. The van der Waals surface area contributed by atoms with E-state index < -0.39 is 0 Å². The van der Waals surface area contributed by atoms with Gasteiger partial charge in [0, 0.05) is 50.5 Å². The highest BCUT2D eigenvalue weighted by atomic mass is 35.5. The average molecular weight is 439 g/mol. The first-order valence-corrected chi connectivity index (χ1v) is 10.4. The number of piperazine rings is 1. The van der Waals surface area contributed by atoms with Gasteiger partial charge in [0.15, 0.2) is 0 Å². The smallest absolute Gasteiger partial charge is 0.353 e. The molecular weight excluding hydrogens is 416 g/mol. The van der Waals surface area contributed by atoms with Crippen molar-refractivity contribution in [3.63, 3.8) is 0 Å². The molecule has 3 aromatic rings. The first-order valence-electron chi connectivity index (χ1n) is 10.0. The number of anilines is 3. The number of benzene rings is 2. The summed E-state index contributed by atoms with van der Waals surface area (Å²) in [6.45, 7) is 3.19. The summed E-state index contributed by atoms with van der Waals surface area (Å²) in [6.07, 6.45) is 1.41. The Bertz CT molecular complexity index is 1060. The molecular formula is C22H23ClN6O2. The largest absolute Gasteiger partial charge is 0.368 e. The molecule has 160 valence electrons. The van der Waals surface area contributed by atoms with Crippen LogP contribution in [0.1, 0.15) is 5.56 Å². The molecule has 0 aliphatic carbocycles. The van der Waals surface area contributed by atoms with Crippen LogP contribution in [0.4, 0.5) is 23.0 Å². The molecule has 0 atom stereocenters. The van der Waals surface area contributed by atoms with Crippen molar-refractivity contribution in [1.29, 1.82) is 0 Å². The fourth-order valence-corrected chi connectivity index (χ4v) is 4.00. The van der Waals surface area contributed by atoms with Crippen LogP contribution in [0, 0.1) is 10.1 Å². The van der Waals surface area contributed by atoms with Gasteiger partial charge in [-0.1, -0.05) is 48.0 Å². The van der Waals surface area contributed by atoms with E-state index in [-0.39, 0.29) is 10.6 Å². The van der Waals surface area contributed by atoms with Crippen molar-refractivity contribution in [2.24, 2.45) is 0 Å². The molecule has 1 fully saturated rings. The quantitative estimate of drug-likeness (QED) is 0.425. The molecule has 2 heterocycles. The van der Waals surface area contributed by atoms with Crippen LogP contribution in [0.15, 0.2) is 60.9 Å². The van der Waals surface area contributed by atoms with Gasteiger partial charge in [0.25, 0.3) is 0 Å². The number of rotatable bonds is 6. The third-order valence-corrected chi connectivity index (χ3v) is 5.58. The Balaban J connectivity index is 1.55. The lowest BCUT2D eigenvalue weighted by molar-refractivity contribution is -0.383. The molecule has 4 rings (SSSR count). The van der Waals surface area contributed by atoms with Crippen molar-refractivity contribution < 1.29 is 4.92 Å².